The van der Waals surface area contributed by atoms with Crippen LogP contribution in [0.25, 0.3) is 0 Å². The Morgan fingerprint density at radius 3 is 2.57 bits per heavy atom. The van der Waals surface area contributed by atoms with Crippen LogP contribution in [-0.4, -0.2) is 39.3 Å². The molecule has 1 heterocycles. The summed E-state index contributed by atoms with van der Waals surface area (Å²) in [5.41, 5.74) is 1.05. The Balaban J connectivity index is 0.00000220. The van der Waals surface area contributed by atoms with Crippen LogP contribution in [0.1, 0.15) is 18.9 Å². The standard InChI is InChI=1S/C14H21N3O2S.HI/c1-11-4-6-13(7-5-11)20(18,19)10-12(2)17-14-15-8-3-9-16-14;/h4-7,12H,3,8-10H2,1-2H3,(H2,15,16,17);1H. The fourth-order valence-corrected chi connectivity index (χ4v) is 3.56. The number of nitrogens with one attached hydrogen (secondary N) is 2. The molecule has 7 heteroatoms. The van der Waals surface area contributed by atoms with Crippen LogP contribution >= 0.6 is 24.0 Å². The Kier molecular flexibility index (Phi) is 6.92. The Labute approximate surface area is 143 Å². The van der Waals surface area contributed by atoms with Crippen molar-refractivity contribution < 1.29 is 8.42 Å². The van der Waals surface area contributed by atoms with Crippen molar-refractivity contribution in [1.29, 1.82) is 0 Å². The summed E-state index contributed by atoms with van der Waals surface area (Å²) < 4.78 is 24.6. The van der Waals surface area contributed by atoms with Gasteiger partial charge in [-0.1, -0.05) is 17.7 Å². The Morgan fingerprint density at radius 2 is 2.00 bits per heavy atom. The molecule has 118 valence electrons. The second kappa shape index (κ2) is 7.98. The third-order valence-corrected chi connectivity index (χ3v) is 5.06. The number of hydrogen-bond donors (Lipinski definition) is 2. The fraction of sp³-hybridized carbons (Fsp3) is 0.500. The first-order valence-corrected chi connectivity index (χ1v) is 8.47. The number of aliphatic imine (C=N–C) groups is 1. The van der Waals surface area contributed by atoms with E-state index in [9.17, 15) is 8.42 Å². The SMILES string of the molecule is Cc1ccc(S(=O)(=O)CC(C)NC2=NCCCN2)cc1.I. The van der Waals surface area contributed by atoms with Crippen LogP contribution in [0.15, 0.2) is 34.2 Å². The molecule has 0 bridgehead atoms. The second-order valence-corrected chi connectivity index (χ2v) is 7.18. The van der Waals surface area contributed by atoms with Gasteiger partial charge in [0, 0.05) is 19.1 Å². The van der Waals surface area contributed by atoms with E-state index in [1.165, 1.54) is 0 Å². The fourth-order valence-electron chi connectivity index (χ4n) is 2.08. The lowest BCUT2D eigenvalue weighted by molar-refractivity contribution is 0.582. The lowest BCUT2D eigenvalue weighted by Crippen LogP contribution is -2.46. The number of hydrogen-bond acceptors (Lipinski definition) is 5. The van der Waals surface area contributed by atoms with Gasteiger partial charge in [-0.3, -0.25) is 4.99 Å². The zero-order valence-corrected chi connectivity index (χ0v) is 15.4. The highest BCUT2D eigenvalue weighted by Crippen LogP contribution is 2.13. The largest absolute Gasteiger partial charge is 0.356 e. The van der Waals surface area contributed by atoms with Crippen molar-refractivity contribution in [2.45, 2.75) is 31.2 Å². The highest BCUT2D eigenvalue weighted by Gasteiger charge is 2.19. The molecule has 21 heavy (non-hydrogen) atoms. The molecular formula is C14H22IN3O2S. The monoisotopic (exact) mass is 423 g/mol. The minimum absolute atomic E-state index is 0. The van der Waals surface area contributed by atoms with E-state index in [0.717, 1.165) is 25.1 Å². The maximum atomic E-state index is 12.3. The number of guanidine groups is 1. The van der Waals surface area contributed by atoms with Crippen molar-refractivity contribution in [1.82, 2.24) is 10.6 Å². The summed E-state index contributed by atoms with van der Waals surface area (Å²) in [7, 11) is -3.27. The third-order valence-electron chi connectivity index (χ3n) is 3.13. The van der Waals surface area contributed by atoms with Crippen LogP contribution in [0.3, 0.4) is 0 Å². The van der Waals surface area contributed by atoms with E-state index in [2.05, 4.69) is 15.6 Å². The Bertz CT molecular complexity index is 585. The number of nitrogens with zero attached hydrogens (tertiary/aromatic N) is 1. The molecule has 1 atom stereocenters. The van der Waals surface area contributed by atoms with E-state index in [1.54, 1.807) is 12.1 Å². The third kappa shape index (κ3) is 5.46. The van der Waals surface area contributed by atoms with Crippen molar-refractivity contribution in [3.05, 3.63) is 29.8 Å². The lowest BCUT2D eigenvalue weighted by Gasteiger charge is -2.20. The molecule has 0 saturated carbocycles. The molecule has 1 unspecified atom stereocenters. The topological polar surface area (TPSA) is 70.6 Å². The predicted molar refractivity (Wildman–Crippen MR) is 96.2 cm³/mol. The Hall–Kier alpha value is -0.830. The predicted octanol–water partition coefficient (Wildman–Crippen LogP) is 1.71. The average molecular weight is 423 g/mol. The van der Waals surface area contributed by atoms with Gasteiger partial charge in [0.2, 0.25) is 0 Å². The second-order valence-electron chi connectivity index (χ2n) is 5.15. The summed E-state index contributed by atoms with van der Waals surface area (Å²) >= 11 is 0. The molecule has 0 spiro atoms. The molecular weight excluding hydrogens is 401 g/mol. The Morgan fingerprint density at radius 1 is 1.33 bits per heavy atom. The molecule has 1 aromatic rings. The molecule has 1 aliphatic heterocycles. The first kappa shape index (κ1) is 18.2. The van der Waals surface area contributed by atoms with E-state index in [1.807, 2.05) is 26.0 Å². The molecule has 2 rings (SSSR count). The van der Waals surface area contributed by atoms with E-state index in [4.69, 9.17) is 0 Å². The van der Waals surface area contributed by atoms with Crippen LogP contribution in [0.2, 0.25) is 0 Å². The van der Waals surface area contributed by atoms with Crippen molar-refractivity contribution in [3.8, 4) is 0 Å². The van der Waals surface area contributed by atoms with Gasteiger partial charge in [-0.05, 0) is 32.4 Å². The van der Waals surface area contributed by atoms with Crippen LogP contribution in [0, 0.1) is 6.92 Å². The highest BCUT2D eigenvalue weighted by molar-refractivity contribution is 14.0. The summed E-state index contributed by atoms with van der Waals surface area (Å²) in [6.07, 6.45) is 1.02. The molecule has 0 amide bonds. The molecule has 2 N–H and O–H groups in total. The van der Waals surface area contributed by atoms with Crippen LogP contribution < -0.4 is 10.6 Å². The maximum Gasteiger partial charge on any atom is 0.191 e. The van der Waals surface area contributed by atoms with Crippen molar-refractivity contribution >= 4 is 39.8 Å². The molecule has 0 aliphatic carbocycles. The number of rotatable bonds is 4. The first-order chi connectivity index (χ1) is 9.47. The van der Waals surface area contributed by atoms with Gasteiger partial charge in [0.05, 0.1) is 10.6 Å². The number of benzene rings is 1. The summed E-state index contributed by atoms with van der Waals surface area (Å²) in [5, 5.41) is 6.24. The van der Waals surface area contributed by atoms with E-state index < -0.39 is 9.84 Å². The van der Waals surface area contributed by atoms with Crippen LogP contribution in [0.4, 0.5) is 0 Å². The summed E-state index contributed by atoms with van der Waals surface area (Å²) in [4.78, 5) is 4.65. The number of halogens is 1. The molecule has 0 radical (unpaired) electrons. The van der Waals surface area contributed by atoms with Gasteiger partial charge >= 0.3 is 0 Å². The number of aryl methyl sites for hydroxylation is 1. The molecule has 1 aromatic carbocycles. The van der Waals surface area contributed by atoms with Crippen molar-refractivity contribution in [2.75, 3.05) is 18.8 Å². The van der Waals surface area contributed by atoms with Gasteiger partial charge < -0.3 is 10.6 Å². The van der Waals surface area contributed by atoms with Crippen molar-refractivity contribution in [3.63, 3.8) is 0 Å². The molecule has 0 aromatic heterocycles. The minimum Gasteiger partial charge on any atom is -0.356 e. The molecule has 0 saturated heterocycles. The summed E-state index contributed by atoms with van der Waals surface area (Å²) in [6, 6.07) is 6.77. The van der Waals surface area contributed by atoms with E-state index in [0.29, 0.717) is 10.9 Å². The number of sulfone groups is 1. The minimum atomic E-state index is -3.27. The van der Waals surface area contributed by atoms with Gasteiger partial charge in [-0.15, -0.1) is 24.0 Å². The van der Waals surface area contributed by atoms with Crippen LogP contribution in [-0.2, 0) is 9.84 Å². The van der Waals surface area contributed by atoms with Crippen molar-refractivity contribution in [2.24, 2.45) is 4.99 Å². The van der Waals surface area contributed by atoms with Crippen LogP contribution in [0.5, 0.6) is 0 Å². The van der Waals surface area contributed by atoms with Gasteiger partial charge in [-0.2, -0.15) is 0 Å². The molecule has 0 fully saturated rings. The molecule has 5 nitrogen and oxygen atoms in total. The smallest absolute Gasteiger partial charge is 0.191 e. The summed E-state index contributed by atoms with van der Waals surface area (Å²) in [6.45, 7) is 5.45. The van der Waals surface area contributed by atoms with Gasteiger partial charge in [0.1, 0.15) is 0 Å². The zero-order chi connectivity index (χ0) is 14.6. The molecule has 1 aliphatic rings. The zero-order valence-electron chi connectivity index (χ0n) is 12.3. The van der Waals surface area contributed by atoms with Gasteiger partial charge in [0.15, 0.2) is 15.8 Å². The average Bonchev–Trinajstić information content (AvgIpc) is 2.39. The normalized spacial score (nSPS) is 16.2. The first-order valence-electron chi connectivity index (χ1n) is 6.82. The van der Waals surface area contributed by atoms with E-state index in [-0.39, 0.29) is 35.8 Å². The quantitative estimate of drug-likeness (QED) is 0.724. The lowest BCUT2D eigenvalue weighted by atomic mass is 10.2. The maximum absolute atomic E-state index is 12.3. The summed E-state index contributed by atoms with van der Waals surface area (Å²) in [5.74, 6) is 0.749. The van der Waals surface area contributed by atoms with Gasteiger partial charge in [-0.25, -0.2) is 8.42 Å². The van der Waals surface area contributed by atoms with Gasteiger partial charge in [0.25, 0.3) is 0 Å². The van der Waals surface area contributed by atoms with E-state index >= 15 is 0 Å². The highest BCUT2D eigenvalue weighted by atomic mass is 127.